The highest BCUT2D eigenvalue weighted by atomic mass is 32.2. The van der Waals surface area contributed by atoms with Crippen molar-refractivity contribution < 1.29 is 4.79 Å². The zero-order chi connectivity index (χ0) is 17.9. The molecule has 0 radical (unpaired) electrons. The molecule has 0 aromatic heterocycles. The Bertz CT molecular complexity index is 991. The van der Waals surface area contributed by atoms with E-state index in [9.17, 15) is 4.79 Å². The Kier molecular flexibility index (Phi) is 4.76. The van der Waals surface area contributed by atoms with E-state index in [4.69, 9.17) is 0 Å². The van der Waals surface area contributed by atoms with Crippen molar-refractivity contribution in [2.75, 3.05) is 13.1 Å². The first kappa shape index (κ1) is 16.9. The average Bonchev–Trinajstić information content (AvgIpc) is 3.14. The highest BCUT2D eigenvalue weighted by molar-refractivity contribution is 8.13. The van der Waals surface area contributed by atoms with Gasteiger partial charge in [-0.2, -0.15) is 0 Å². The van der Waals surface area contributed by atoms with Crippen LogP contribution in [0.2, 0.25) is 0 Å². The molecule has 0 fully saturated rings. The van der Waals surface area contributed by atoms with Crippen LogP contribution in [0.1, 0.15) is 21.5 Å². The summed E-state index contributed by atoms with van der Waals surface area (Å²) in [6.45, 7) is 3.42. The Morgan fingerprint density at radius 1 is 1.08 bits per heavy atom. The number of aryl methyl sites for hydroxylation is 1. The molecule has 0 atom stereocenters. The Morgan fingerprint density at radius 3 is 2.77 bits per heavy atom. The molecule has 1 aliphatic heterocycles. The molecule has 1 heterocycles. The minimum atomic E-state index is 0.0368. The summed E-state index contributed by atoms with van der Waals surface area (Å²) in [6.07, 6.45) is 0. The van der Waals surface area contributed by atoms with Gasteiger partial charge in [-0.15, -0.1) is 0 Å². The van der Waals surface area contributed by atoms with Crippen molar-refractivity contribution in [2.24, 2.45) is 4.99 Å². The third kappa shape index (κ3) is 3.37. The van der Waals surface area contributed by atoms with Crippen molar-refractivity contribution in [1.29, 1.82) is 0 Å². The largest absolute Gasteiger partial charge is 0.286 e. The summed E-state index contributed by atoms with van der Waals surface area (Å²) < 4.78 is 0. The maximum Gasteiger partial charge on any atom is 0.260 e. The topological polar surface area (TPSA) is 32.7 Å². The van der Waals surface area contributed by atoms with Gasteiger partial charge in [0, 0.05) is 17.9 Å². The van der Waals surface area contributed by atoms with Gasteiger partial charge in [-0.3, -0.25) is 14.7 Å². The van der Waals surface area contributed by atoms with Crippen LogP contribution in [0.4, 0.5) is 0 Å². The molecule has 0 spiro atoms. The molecular weight excluding hydrogens is 340 g/mol. The summed E-state index contributed by atoms with van der Waals surface area (Å²) in [5, 5.41) is 2.91. The van der Waals surface area contributed by atoms with Crippen LogP contribution in [-0.4, -0.2) is 29.1 Å². The van der Waals surface area contributed by atoms with Gasteiger partial charge >= 0.3 is 0 Å². The number of thioether (sulfide) groups is 1. The first-order valence-corrected chi connectivity index (χ1v) is 9.73. The maximum absolute atomic E-state index is 13.2. The average molecular weight is 360 g/mol. The number of aliphatic imine (C=N–C) groups is 1. The monoisotopic (exact) mass is 360 g/mol. The van der Waals surface area contributed by atoms with Gasteiger partial charge in [-0.05, 0) is 29.3 Å². The third-order valence-electron chi connectivity index (χ3n) is 4.52. The Hall–Kier alpha value is -2.59. The summed E-state index contributed by atoms with van der Waals surface area (Å²) in [6, 6.07) is 22.4. The highest BCUT2D eigenvalue weighted by Gasteiger charge is 2.26. The Morgan fingerprint density at radius 2 is 1.88 bits per heavy atom. The van der Waals surface area contributed by atoms with Gasteiger partial charge in [0.15, 0.2) is 5.17 Å². The van der Waals surface area contributed by atoms with E-state index < -0.39 is 0 Å². The Balaban J connectivity index is 1.55. The maximum atomic E-state index is 13.2. The standard InChI is InChI=1S/C22H20N2OS/c1-16-6-4-7-17(14-16)15-26-22-23-12-13-24(22)21(25)20-11-5-9-18-8-2-3-10-19(18)20/h2-11,14H,12-13,15H2,1H3. The fourth-order valence-corrected chi connectivity index (χ4v) is 4.23. The van der Waals surface area contributed by atoms with Gasteiger partial charge in [-0.1, -0.05) is 78.0 Å². The van der Waals surface area contributed by atoms with E-state index >= 15 is 0 Å². The normalized spacial score (nSPS) is 13.9. The smallest absolute Gasteiger partial charge is 0.260 e. The lowest BCUT2D eigenvalue weighted by molar-refractivity contribution is 0.0862. The lowest BCUT2D eigenvalue weighted by Crippen LogP contribution is -2.33. The summed E-state index contributed by atoms with van der Waals surface area (Å²) in [4.78, 5) is 19.6. The molecule has 4 heteroatoms. The quantitative estimate of drug-likeness (QED) is 0.666. The third-order valence-corrected chi connectivity index (χ3v) is 5.60. The number of amides is 1. The van der Waals surface area contributed by atoms with Crippen LogP contribution in [-0.2, 0) is 5.75 Å². The van der Waals surface area contributed by atoms with E-state index in [1.165, 1.54) is 11.1 Å². The Labute approximate surface area is 157 Å². The molecule has 0 unspecified atom stereocenters. The molecule has 130 valence electrons. The number of rotatable bonds is 3. The zero-order valence-corrected chi connectivity index (χ0v) is 15.5. The molecule has 3 aromatic carbocycles. The number of amidine groups is 1. The van der Waals surface area contributed by atoms with Crippen LogP contribution in [0, 0.1) is 6.92 Å². The molecule has 0 N–H and O–H groups in total. The van der Waals surface area contributed by atoms with Gasteiger partial charge in [0.05, 0.1) is 6.54 Å². The van der Waals surface area contributed by atoms with Crippen molar-refractivity contribution in [3.63, 3.8) is 0 Å². The predicted molar refractivity (Wildman–Crippen MR) is 110 cm³/mol. The van der Waals surface area contributed by atoms with Crippen molar-refractivity contribution in [3.8, 4) is 0 Å². The number of benzene rings is 3. The molecule has 1 aliphatic rings. The SMILES string of the molecule is Cc1cccc(CSC2=NCCN2C(=O)c2cccc3ccccc23)c1. The predicted octanol–water partition coefficient (Wildman–Crippen LogP) is 4.89. The molecule has 1 amide bonds. The summed E-state index contributed by atoms with van der Waals surface area (Å²) in [5.74, 6) is 0.856. The summed E-state index contributed by atoms with van der Waals surface area (Å²) in [5.41, 5.74) is 3.25. The van der Waals surface area contributed by atoms with Gasteiger partial charge in [0.2, 0.25) is 0 Å². The van der Waals surface area contributed by atoms with E-state index in [0.29, 0.717) is 13.1 Å². The number of hydrogen-bond acceptors (Lipinski definition) is 3. The lowest BCUT2D eigenvalue weighted by Gasteiger charge is -2.19. The van der Waals surface area contributed by atoms with Gasteiger partial charge in [-0.25, -0.2) is 0 Å². The second-order valence-corrected chi connectivity index (χ2v) is 7.37. The van der Waals surface area contributed by atoms with Crippen molar-refractivity contribution in [3.05, 3.63) is 83.4 Å². The number of fused-ring (bicyclic) bond motifs is 1. The lowest BCUT2D eigenvalue weighted by atomic mass is 10.0. The fourth-order valence-electron chi connectivity index (χ4n) is 3.25. The van der Waals surface area contributed by atoms with Gasteiger partial charge < -0.3 is 0 Å². The molecule has 0 aliphatic carbocycles. The molecule has 3 aromatic rings. The molecule has 0 saturated heterocycles. The highest BCUT2D eigenvalue weighted by Crippen LogP contribution is 2.25. The first-order chi connectivity index (χ1) is 12.7. The first-order valence-electron chi connectivity index (χ1n) is 8.75. The van der Waals surface area contributed by atoms with Crippen LogP contribution in [0.15, 0.2) is 71.7 Å². The summed E-state index contributed by atoms with van der Waals surface area (Å²) in [7, 11) is 0. The van der Waals surface area contributed by atoms with E-state index in [0.717, 1.165) is 27.3 Å². The van der Waals surface area contributed by atoms with Crippen molar-refractivity contribution in [1.82, 2.24) is 4.90 Å². The van der Waals surface area contributed by atoms with E-state index in [-0.39, 0.29) is 5.91 Å². The molecule has 26 heavy (non-hydrogen) atoms. The minimum absolute atomic E-state index is 0.0368. The van der Waals surface area contributed by atoms with Gasteiger partial charge in [0.25, 0.3) is 5.91 Å². The number of hydrogen-bond donors (Lipinski definition) is 0. The van der Waals surface area contributed by atoms with Crippen LogP contribution in [0.5, 0.6) is 0 Å². The van der Waals surface area contributed by atoms with Crippen LogP contribution >= 0.6 is 11.8 Å². The van der Waals surface area contributed by atoms with E-state index in [2.05, 4.69) is 36.2 Å². The zero-order valence-electron chi connectivity index (χ0n) is 14.7. The molecular formula is C22H20N2OS. The number of nitrogens with zero attached hydrogens (tertiary/aromatic N) is 2. The number of carbonyl (C=O) groups is 1. The van der Waals surface area contributed by atoms with Crippen LogP contribution < -0.4 is 0 Å². The minimum Gasteiger partial charge on any atom is -0.286 e. The molecule has 0 saturated carbocycles. The molecule has 4 rings (SSSR count). The van der Waals surface area contributed by atoms with E-state index in [1.54, 1.807) is 11.8 Å². The van der Waals surface area contributed by atoms with Crippen LogP contribution in [0.3, 0.4) is 0 Å². The molecule has 0 bridgehead atoms. The fraction of sp³-hybridized carbons (Fsp3) is 0.182. The van der Waals surface area contributed by atoms with E-state index in [1.807, 2.05) is 47.4 Å². The summed E-state index contributed by atoms with van der Waals surface area (Å²) >= 11 is 1.64. The van der Waals surface area contributed by atoms with Crippen molar-refractivity contribution >= 4 is 33.6 Å². The second kappa shape index (κ2) is 7.34. The second-order valence-electron chi connectivity index (χ2n) is 6.43. The number of carbonyl (C=O) groups excluding carboxylic acids is 1. The molecule has 3 nitrogen and oxygen atoms in total. The van der Waals surface area contributed by atoms with Crippen molar-refractivity contribution in [2.45, 2.75) is 12.7 Å². The van der Waals surface area contributed by atoms with Gasteiger partial charge in [0.1, 0.15) is 0 Å². The van der Waals surface area contributed by atoms with Crippen LogP contribution in [0.25, 0.3) is 10.8 Å².